The molecule has 0 spiro atoms. The lowest BCUT2D eigenvalue weighted by Crippen LogP contribution is -2.47. The van der Waals surface area contributed by atoms with Crippen LogP contribution in [0.5, 0.6) is 0 Å². The Hall–Kier alpha value is -1.20. The molecule has 1 fully saturated rings. The molecule has 0 radical (unpaired) electrons. The van der Waals surface area contributed by atoms with Gasteiger partial charge >= 0.3 is 0 Å². The summed E-state index contributed by atoms with van der Waals surface area (Å²) < 4.78 is 12.8. The van der Waals surface area contributed by atoms with Crippen molar-refractivity contribution >= 4 is 5.78 Å². The Bertz CT molecular complexity index is 403. The van der Waals surface area contributed by atoms with Gasteiger partial charge in [0.2, 0.25) is 5.78 Å². The summed E-state index contributed by atoms with van der Waals surface area (Å²) in [5, 5.41) is 4.15. The Morgan fingerprint density at radius 3 is 2.83 bits per heavy atom. The number of aryl methyl sites for hydroxylation is 1. The first-order chi connectivity index (χ1) is 8.73. The van der Waals surface area contributed by atoms with Gasteiger partial charge in [-0.2, -0.15) is 5.10 Å². The van der Waals surface area contributed by atoms with Crippen LogP contribution in [0.3, 0.4) is 0 Å². The average molecular weight is 252 g/mol. The van der Waals surface area contributed by atoms with Gasteiger partial charge in [0.15, 0.2) is 0 Å². The zero-order valence-corrected chi connectivity index (χ0v) is 11.0. The maximum absolute atomic E-state index is 12.7. The van der Waals surface area contributed by atoms with Crippen LogP contribution in [0.25, 0.3) is 0 Å². The van der Waals surface area contributed by atoms with E-state index in [4.69, 9.17) is 9.47 Å². The third-order valence-electron chi connectivity index (χ3n) is 3.38. The van der Waals surface area contributed by atoms with E-state index in [0.29, 0.717) is 44.9 Å². The van der Waals surface area contributed by atoms with Crippen molar-refractivity contribution in [3.63, 3.8) is 0 Å². The Morgan fingerprint density at radius 1 is 1.50 bits per heavy atom. The third kappa shape index (κ3) is 2.33. The predicted octanol–water partition coefficient (Wildman–Crippen LogP) is 1.67. The maximum Gasteiger partial charge on any atom is 0.212 e. The van der Waals surface area contributed by atoms with Gasteiger partial charge in [0.1, 0.15) is 11.3 Å². The second-order valence-electron chi connectivity index (χ2n) is 4.40. The highest BCUT2D eigenvalue weighted by molar-refractivity contribution is 6.01. The van der Waals surface area contributed by atoms with Crippen LogP contribution in [0.2, 0.25) is 0 Å². The first-order valence-electron chi connectivity index (χ1n) is 6.52. The summed E-state index contributed by atoms with van der Waals surface area (Å²) in [5.41, 5.74) is -0.0900. The van der Waals surface area contributed by atoms with Gasteiger partial charge < -0.3 is 9.47 Å². The van der Waals surface area contributed by atoms with E-state index in [1.807, 2.05) is 13.8 Å². The van der Waals surface area contributed by atoms with Crippen LogP contribution in [0.1, 0.15) is 37.2 Å². The summed E-state index contributed by atoms with van der Waals surface area (Å²) in [5.74, 6) is 0.0343. The van der Waals surface area contributed by atoms with E-state index >= 15 is 0 Å². The zero-order chi connectivity index (χ0) is 13.0. The van der Waals surface area contributed by atoms with E-state index in [2.05, 4.69) is 5.10 Å². The van der Waals surface area contributed by atoms with Crippen molar-refractivity contribution in [2.45, 2.75) is 38.8 Å². The highest BCUT2D eigenvalue weighted by Crippen LogP contribution is 2.29. The second kappa shape index (κ2) is 5.63. The van der Waals surface area contributed by atoms with Gasteiger partial charge in [0.05, 0.1) is 0 Å². The van der Waals surface area contributed by atoms with E-state index < -0.39 is 5.60 Å². The lowest BCUT2D eigenvalue weighted by molar-refractivity contribution is -0.0826. The first kappa shape index (κ1) is 13.2. The molecule has 100 valence electrons. The summed E-state index contributed by atoms with van der Waals surface area (Å²) in [4.78, 5) is 12.7. The largest absolute Gasteiger partial charge is 0.381 e. The molecule has 5 heteroatoms. The van der Waals surface area contributed by atoms with Crippen LogP contribution in [0, 0.1) is 0 Å². The predicted molar refractivity (Wildman–Crippen MR) is 66.6 cm³/mol. The van der Waals surface area contributed by atoms with Crippen LogP contribution in [0.4, 0.5) is 0 Å². The van der Waals surface area contributed by atoms with Crippen LogP contribution in [0.15, 0.2) is 12.3 Å². The fourth-order valence-electron chi connectivity index (χ4n) is 2.43. The molecular formula is C13H20N2O3. The molecule has 1 aliphatic heterocycles. The normalized spacial score (nSPS) is 18.8. The SMILES string of the molecule is CCOC1(C(=O)c2ccnn2CC)CCOCC1. The van der Waals surface area contributed by atoms with E-state index in [0.717, 1.165) is 0 Å². The lowest BCUT2D eigenvalue weighted by Gasteiger charge is -2.35. The minimum Gasteiger partial charge on any atom is -0.381 e. The number of ether oxygens (including phenoxy) is 2. The van der Waals surface area contributed by atoms with Crippen LogP contribution in [-0.4, -0.2) is 41.0 Å². The monoisotopic (exact) mass is 252 g/mol. The molecule has 1 aromatic heterocycles. The van der Waals surface area contributed by atoms with Crippen molar-refractivity contribution in [3.05, 3.63) is 18.0 Å². The highest BCUT2D eigenvalue weighted by Gasteiger charge is 2.42. The van der Waals surface area contributed by atoms with Crippen molar-refractivity contribution in [2.24, 2.45) is 0 Å². The Labute approximate surface area is 107 Å². The molecule has 0 bridgehead atoms. The van der Waals surface area contributed by atoms with Crippen molar-refractivity contribution in [3.8, 4) is 0 Å². The molecule has 0 amide bonds. The van der Waals surface area contributed by atoms with Gasteiger partial charge in [0, 0.05) is 45.4 Å². The number of ketones is 1. The molecule has 18 heavy (non-hydrogen) atoms. The molecule has 0 N–H and O–H groups in total. The van der Waals surface area contributed by atoms with E-state index in [1.165, 1.54) is 0 Å². The fraction of sp³-hybridized carbons (Fsp3) is 0.692. The molecular weight excluding hydrogens is 232 g/mol. The quantitative estimate of drug-likeness (QED) is 0.748. The minimum absolute atomic E-state index is 0.0343. The molecule has 5 nitrogen and oxygen atoms in total. The fourth-order valence-corrected chi connectivity index (χ4v) is 2.43. The van der Waals surface area contributed by atoms with Crippen LogP contribution >= 0.6 is 0 Å². The highest BCUT2D eigenvalue weighted by atomic mass is 16.5. The van der Waals surface area contributed by atoms with Crippen LogP contribution < -0.4 is 0 Å². The average Bonchev–Trinajstić information content (AvgIpc) is 2.87. The molecule has 2 rings (SSSR count). The number of nitrogens with zero attached hydrogens (tertiary/aromatic N) is 2. The Morgan fingerprint density at radius 2 is 2.22 bits per heavy atom. The summed E-state index contributed by atoms with van der Waals surface area (Å²) >= 11 is 0. The molecule has 2 heterocycles. The topological polar surface area (TPSA) is 53.3 Å². The van der Waals surface area contributed by atoms with Gasteiger partial charge in [-0.05, 0) is 19.9 Å². The second-order valence-corrected chi connectivity index (χ2v) is 4.40. The molecule has 1 aromatic rings. The number of aromatic nitrogens is 2. The van der Waals surface area contributed by atoms with Gasteiger partial charge in [-0.1, -0.05) is 0 Å². The first-order valence-corrected chi connectivity index (χ1v) is 6.52. The number of rotatable bonds is 5. The smallest absolute Gasteiger partial charge is 0.212 e. The summed E-state index contributed by atoms with van der Waals surface area (Å²) in [6, 6.07) is 1.77. The standard InChI is InChI=1S/C13H20N2O3/c1-3-15-11(5-8-14-15)12(16)13(18-4-2)6-9-17-10-7-13/h5,8H,3-4,6-7,9-10H2,1-2H3. The summed E-state index contributed by atoms with van der Waals surface area (Å²) in [6.07, 6.45) is 2.90. The van der Waals surface area contributed by atoms with E-state index in [9.17, 15) is 4.79 Å². The molecule has 0 aliphatic carbocycles. The molecule has 0 saturated carbocycles. The van der Waals surface area contributed by atoms with Crippen LogP contribution in [-0.2, 0) is 16.0 Å². The Balaban J connectivity index is 2.28. The van der Waals surface area contributed by atoms with Crippen molar-refractivity contribution in [1.29, 1.82) is 0 Å². The number of hydrogen-bond acceptors (Lipinski definition) is 4. The molecule has 1 saturated heterocycles. The third-order valence-corrected chi connectivity index (χ3v) is 3.38. The lowest BCUT2D eigenvalue weighted by atomic mass is 9.87. The summed E-state index contributed by atoms with van der Waals surface area (Å²) in [6.45, 7) is 6.26. The van der Waals surface area contributed by atoms with Gasteiger partial charge in [0.25, 0.3) is 0 Å². The van der Waals surface area contributed by atoms with Crippen molar-refractivity contribution < 1.29 is 14.3 Å². The molecule has 0 atom stereocenters. The minimum atomic E-state index is -0.722. The van der Waals surface area contributed by atoms with Crippen molar-refractivity contribution in [1.82, 2.24) is 9.78 Å². The number of Topliss-reactive ketones (excluding diaryl/α,β-unsaturated/α-hetero) is 1. The number of hydrogen-bond donors (Lipinski definition) is 0. The molecule has 0 aromatic carbocycles. The van der Waals surface area contributed by atoms with Crippen molar-refractivity contribution in [2.75, 3.05) is 19.8 Å². The molecule has 1 aliphatic rings. The van der Waals surface area contributed by atoms with E-state index in [1.54, 1.807) is 16.9 Å². The van der Waals surface area contributed by atoms with Gasteiger partial charge in [-0.15, -0.1) is 0 Å². The summed E-state index contributed by atoms with van der Waals surface area (Å²) in [7, 11) is 0. The van der Waals surface area contributed by atoms with Gasteiger partial charge in [-0.25, -0.2) is 0 Å². The number of carbonyl (C=O) groups is 1. The number of carbonyl (C=O) groups excluding carboxylic acids is 1. The van der Waals surface area contributed by atoms with Gasteiger partial charge in [-0.3, -0.25) is 9.48 Å². The zero-order valence-electron chi connectivity index (χ0n) is 11.0. The van der Waals surface area contributed by atoms with E-state index in [-0.39, 0.29) is 5.78 Å². The maximum atomic E-state index is 12.7. The Kier molecular flexibility index (Phi) is 4.14. The molecule has 0 unspecified atom stereocenters.